The van der Waals surface area contributed by atoms with Crippen molar-refractivity contribution in [2.75, 3.05) is 0 Å². The number of carboxylic acids is 1. The summed E-state index contributed by atoms with van der Waals surface area (Å²) in [7, 11) is 0. The van der Waals surface area contributed by atoms with Gasteiger partial charge in [0, 0.05) is 0 Å². The van der Waals surface area contributed by atoms with Gasteiger partial charge in [0.25, 0.3) is 0 Å². The number of carbonyl (C=O) groups is 1. The van der Waals surface area contributed by atoms with Crippen LogP contribution in [0, 0.1) is 47.3 Å². The largest absolute Gasteiger partial charge is 0.481 e. The molecule has 0 aromatic carbocycles. The van der Waals surface area contributed by atoms with Crippen LogP contribution in [0.1, 0.15) is 12.8 Å². The predicted molar refractivity (Wildman–Crippen MR) is 52.4 cm³/mol. The molecule has 5 saturated carbocycles. The molecule has 7 aliphatic rings. The highest BCUT2D eigenvalue weighted by molar-refractivity contribution is 5.69. The van der Waals surface area contributed by atoms with Crippen molar-refractivity contribution in [3.05, 3.63) is 0 Å². The SMILES string of the molecule is O=C(O)C[C@@]12O[C@H]3[C@@H]4[C@H]5[C@@H]6C[C@@H]([C@@H]5[C@@H]41)[C@@H]2[C@@H]63. The Hall–Kier alpha value is -0.570. The van der Waals surface area contributed by atoms with Gasteiger partial charge in [-0.2, -0.15) is 0 Å². The molecule has 7 rings (SSSR count). The minimum Gasteiger partial charge on any atom is -0.481 e. The van der Waals surface area contributed by atoms with Crippen LogP contribution >= 0.6 is 0 Å². The Morgan fingerprint density at radius 3 is 2.88 bits per heavy atom. The molecule has 0 radical (unpaired) electrons. The standard InChI is InChI=1S/C13H14O3/c14-5(15)2-13-10-4-1-3-6-7(4)11(13)9(6)12(16-13)8(3)10/h3-4,6-12H,1-2H2,(H,14,15)/t3-,4-,6-,7-,8+,9+,10+,11-,12+,13-/m0/s1. The highest BCUT2D eigenvalue weighted by atomic mass is 16.5. The van der Waals surface area contributed by atoms with Gasteiger partial charge < -0.3 is 9.84 Å². The zero-order valence-electron chi connectivity index (χ0n) is 8.87. The Morgan fingerprint density at radius 2 is 2.06 bits per heavy atom. The maximum Gasteiger partial charge on any atom is 0.306 e. The lowest BCUT2D eigenvalue weighted by Crippen LogP contribution is -2.49. The number of ether oxygens (including phenoxy) is 1. The summed E-state index contributed by atoms with van der Waals surface area (Å²) in [5.74, 6) is 5.83. The Balaban J connectivity index is 1.62. The van der Waals surface area contributed by atoms with Crippen molar-refractivity contribution in [3.8, 4) is 0 Å². The molecule has 5 aliphatic carbocycles. The molecule has 0 unspecified atom stereocenters. The molecule has 1 N–H and O–H groups in total. The first kappa shape index (κ1) is 7.70. The van der Waals surface area contributed by atoms with E-state index in [1.807, 2.05) is 0 Å². The van der Waals surface area contributed by atoms with Gasteiger partial charge in [0.05, 0.1) is 18.1 Å². The summed E-state index contributed by atoms with van der Waals surface area (Å²) in [6.45, 7) is 0. The van der Waals surface area contributed by atoms with E-state index in [0.717, 1.165) is 35.5 Å². The second-order valence-electron chi connectivity index (χ2n) is 7.03. The first-order chi connectivity index (χ1) is 7.74. The average molecular weight is 218 g/mol. The minimum absolute atomic E-state index is 0.192. The van der Waals surface area contributed by atoms with Crippen molar-refractivity contribution < 1.29 is 14.6 Å². The summed E-state index contributed by atoms with van der Waals surface area (Å²) >= 11 is 0. The summed E-state index contributed by atoms with van der Waals surface area (Å²) in [5.41, 5.74) is -0.192. The highest BCUT2D eigenvalue weighted by Gasteiger charge is 2.92. The number of aliphatic carboxylic acids is 1. The van der Waals surface area contributed by atoms with E-state index in [1.165, 1.54) is 6.42 Å². The molecule has 2 heterocycles. The lowest BCUT2D eigenvalue weighted by atomic mass is 9.57. The quantitative estimate of drug-likeness (QED) is 0.751. The topological polar surface area (TPSA) is 46.5 Å². The molecule has 10 atom stereocenters. The lowest BCUT2D eigenvalue weighted by molar-refractivity contribution is -0.145. The van der Waals surface area contributed by atoms with Gasteiger partial charge in [-0.05, 0) is 53.8 Å². The van der Waals surface area contributed by atoms with Crippen molar-refractivity contribution in [3.63, 3.8) is 0 Å². The molecule has 2 aliphatic heterocycles. The van der Waals surface area contributed by atoms with Gasteiger partial charge in [-0.15, -0.1) is 0 Å². The van der Waals surface area contributed by atoms with Crippen LogP contribution < -0.4 is 0 Å². The number of hydrogen-bond donors (Lipinski definition) is 1. The summed E-state index contributed by atoms with van der Waals surface area (Å²) in [6, 6.07) is 0. The van der Waals surface area contributed by atoms with E-state index in [0.29, 0.717) is 17.9 Å². The number of carboxylic acid groups (broad SMARTS) is 1. The monoisotopic (exact) mass is 218 g/mol. The third-order valence-electron chi connectivity index (χ3n) is 7.29. The molecule has 7 fully saturated rings. The Bertz CT molecular complexity index is 450. The fraction of sp³-hybridized carbons (Fsp3) is 0.923. The molecule has 84 valence electrons. The fourth-order valence-electron chi connectivity index (χ4n) is 7.72. The van der Waals surface area contributed by atoms with E-state index in [9.17, 15) is 9.90 Å². The zero-order chi connectivity index (χ0) is 10.4. The molecule has 16 heavy (non-hydrogen) atoms. The van der Waals surface area contributed by atoms with Crippen molar-refractivity contribution in [2.45, 2.75) is 24.5 Å². The van der Waals surface area contributed by atoms with Crippen LogP contribution in [0.15, 0.2) is 0 Å². The van der Waals surface area contributed by atoms with Crippen molar-refractivity contribution in [1.82, 2.24) is 0 Å². The smallest absolute Gasteiger partial charge is 0.306 e. The van der Waals surface area contributed by atoms with E-state index in [2.05, 4.69) is 0 Å². The van der Waals surface area contributed by atoms with Crippen molar-refractivity contribution in [2.24, 2.45) is 47.3 Å². The van der Waals surface area contributed by atoms with Crippen LogP contribution in [-0.2, 0) is 9.53 Å². The summed E-state index contributed by atoms with van der Waals surface area (Å²) in [4.78, 5) is 11.1. The van der Waals surface area contributed by atoms with E-state index in [4.69, 9.17) is 4.74 Å². The van der Waals surface area contributed by atoms with Gasteiger partial charge in [0.2, 0.25) is 0 Å². The molecule has 0 aromatic heterocycles. The second-order valence-corrected chi connectivity index (χ2v) is 7.03. The van der Waals surface area contributed by atoms with Gasteiger partial charge in [0.1, 0.15) is 0 Å². The first-order valence-electron chi connectivity index (χ1n) is 6.64. The Labute approximate surface area is 93.2 Å². The summed E-state index contributed by atoms with van der Waals surface area (Å²) in [5, 5.41) is 9.17. The van der Waals surface area contributed by atoms with Crippen molar-refractivity contribution in [1.29, 1.82) is 0 Å². The van der Waals surface area contributed by atoms with Crippen LogP contribution in [0.2, 0.25) is 0 Å². The van der Waals surface area contributed by atoms with E-state index in [-0.39, 0.29) is 12.0 Å². The lowest BCUT2D eigenvalue weighted by Gasteiger charge is -2.45. The molecule has 0 amide bonds. The van der Waals surface area contributed by atoms with Crippen LogP contribution in [0.5, 0.6) is 0 Å². The molecule has 4 bridgehead atoms. The van der Waals surface area contributed by atoms with Gasteiger partial charge in [-0.3, -0.25) is 4.79 Å². The van der Waals surface area contributed by atoms with Crippen LogP contribution in [-0.4, -0.2) is 22.8 Å². The first-order valence-corrected chi connectivity index (χ1v) is 6.64. The van der Waals surface area contributed by atoms with Gasteiger partial charge >= 0.3 is 5.97 Å². The van der Waals surface area contributed by atoms with Crippen molar-refractivity contribution >= 4 is 5.97 Å². The van der Waals surface area contributed by atoms with E-state index in [1.54, 1.807) is 0 Å². The molecular formula is C13H14O3. The van der Waals surface area contributed by atoms with Crippen LogP contribution in [0.25, 0.3) is 0 Å². The third kappa shape index (κ3) is 0.430. The Kier molecular flexibility index (Phi) is 0.848. The Morgan fingerprint density at radius 1 is 1.19 bits per heavy atom. The second kappa shape index (κ2) is 1.76. The molecule has 3 heteroatoms. The van der Waals surface area contributed by atoms with Crippen LogP contribution in [0.4, 0.5) is 0 Å². The van der Waals surface area contributed by atoms with Crippen LogP contribution in [0.3, 0.4) is 0 Å². The summed E-state index contributed by atoms with van der Waals surface area (Å²) in [6.07, 6.45) is 2.19. The van der Waals surface area contributed by atoms with Gasteiger partial charge in [0.15, 0.2) is 0 Å². The number of hydrogen-bond acceptors (Lipinski definition) is 2. The summed E-state index contributed by atoms with van der Waals surface area (Å²) < 4.78 is 6.29. The van der Waals surface area contributed by atoms with Gasteiger partial charge in [-0.1, -0.05) is 0 Å². The minimum atomic E-state index is -0.645. The predicted octanol–water partition coefficient (Wildman–Crippen LogP) is 0.986. The molecular weight excluding hydrogens is 204 g/mol. The molecule has 3 nitrogen and oxygen atoms in total. The number of rotatable bonds is 2. The fourth-order valence-corrected chi connectivity index (χ4v) is 7.72. The van der Waals surface area contributed by atoms with E-state index < -0.39 is 5.97 Å². The molecule has 2 saturated heterocycles. The van der Waals surface area contributed by atoms with E-state index >= 15 is 0 Å². The maximum atomic E-state index is 11.1. The zero-order valence-corrected chi connectivity index (χ0v) is 8.87. The maximum absolute atomic E-state index is 11.1. The molecule has 0 aromatic rings. The van der Waals surface area contributed by atoms with Gasteiger partial charge in [-0.25, -0.2) is 0 Å². The third-order valence-corrected chi connectivity index (χ3v) is 7.29. The normalized spacial score (nSPS) is 77.9. The average Bonchev–Trinajstić information content (AvgIpc) is 2.73. The molecule has 0 spiro atoms. The highest BCUT2D eigenvalue weighted by Crippen LogP contribution is 2.90.